The molecule has 1 aromatic rings. The molecule has 0 saturated carbocycles. The molecule has 1 N–H and O–H groups in total. The Morgan fingerprint density at radius 1 is 1.53 bits per heavy atom. The fourth-order valence-electron chi connectivity index (χ4n) is 3.19. The maximum atomic E-state index is 13.5. The molecule has 1 saturated heterocycles. The average molecular weight is 281 g/mol. The maximum Gasteiger partial charge on any atom is 0.127 e. The van der Waals surface area contributed by atoms with E-state index in [1.807, 2.05) is 17.8 Å². The molecule has 3 atom stereocenters. The summed E-state index contributed by atoms with van der Waals surface area (Å²) >= 11 is 1.96. The molecule has 4 heteroatoms. The Bertz CT molecular complexity index is 481. The highest BCUT2D eigenvalue weighted by Crippen LogP contribution is 2.49. The van der Waals surface area contributed by atoms with Crippen LogP contribution < -0.4 is 10.1 Å². The molecular weight excluding hydrogens is 261 g/mol. The Kier molecular flexibility index (Phi) is 3.48. The first-order valence-electron chi connectivity index (χ1n) is 6.98. The molecule has 1 fully saturated rings. The fourth-order valence-corrected chi connectivity index (χ4v) is 4.58. The van der Waals surface area contributed by atoms with Gasteiger partial charge in [0.1, 0.15) is 17.2 Å². The molecule has 1 spiro atoms. The molecule has 2 nitrogen and oxygen atoms in total. The van der Waals surface area contributed by atoms with E-state index in [4.69, 9.17) is 4.74 Å². The fraction of sp³-hybridized carbons (Fsp3) is 0.600. The Labute approximate surface area is 118 Å². The van der Waals surface area contributed by atoms with Gasteiger partial charge < -0.3 is 10.1 Å². The predicted molar refractivity (Wildman–Crippen MR) is 77.3 cm³/mol. The van der Waals surface area contributed by atoms with Crippen LogP contribution in [0.15, 0.2) is 18.2 Å². The second kappa shape index (κ2) is 4.98. The molecule has 2 aliphatic heterocycles. The first-order valence-corrected chi connectivity index (χ1v) is 8.03. The summed E-state index contributed by atoms with van der Waals surface area (Å²) in [6.07, 6.45) is 2.03. The van der Waals surface area contributed by atoms with Gasteiger partial charge >= 0.3 is 0 Å². The highest BCUT2D eigenvalue weighted by molar-refractivity contribution is 8.00. The molecule has 3 unspecified atom stereocenters. The van der Waals surface area contributed by atoms with Crippen molar-refractivity contribution in [3.8, 4) is 5.75 Å². The molecule has 0 amide bonds. The molecule has 104 valence electrons. The third-order valence-corrected chi connectivity index (χ3v) is 5.67. The molecule has 19 heavy (non-hydrogen) atoms. The highest BCUT2D eigenvalue weighted by atomic mass is 32.2. The summed E-state index contributed by atoms with van der Waals surface area (Å²) in [5.41, 5.74) is 0.969. The smallest absolute Gasteiger partial charge is 0.127 e. The van der Waals surface area contributed by atoms with Gasteiger partial charge in [0.25, 0.3) is 0 Å². The van der Waals surface area contributed by atoms with Crippen molar-refractivity contribution < 1.29 is 9.13 Å². The zero-order chi connectivity index (χ0) is 13.5. The van der Waals surface area contributed by atoms with Gasteiger partial charge in [0.2, 0.25) is 0 Å². The summed E-state index contributed by atoms with van der Waals surface area (Å²) < 4.78 is 19.7. The van der Waals surface area contributed by atoms with Crippen molar-refractivity contribution in [2.24, 2.45) is 0 Å². The van der Waals surface area contributed by atoms with Gasteiger partial charge in [-0.3, -0.25) is 0 Å². The molecule has 0 bridgehead atoms. The van der Waals surface area contributed by atoms with Crippen LogP contribution in [0.25, 0.3) is 0 Å². The van der Waals surface area contributed by atoms with Crippen molar-refractivity contribution in [1.82, 2.24) is 5.32 Å². The lowest BCUT2D eigenvalue weighted by Crippen LogP contribution is -2.48. The number of nitrogens with one attached hydrogen (secondary N) is 1. The monoisotopic (exact) mass is 281 g/mol. The lowest BCUT2D eigenvalue weighted by Gasteiger charge is -2.42. The van der Waals surface area contributed by atoms with Gasteiger partial charge in [-0.25, -0.2) is 4.39 Å². The minimum atomic E-state index is -0.218. The molecular formula is C15H20FNOS. The van der Waals surface area contributed by atoms with Crippen LogP contribution in [0.4, 0.5) is 4.39 Å². The summed E-state index contributed by atoms with van der Waals surface area (Å²) in [5, 5.41) is 3.98. The average Bonchev–Trinajstić information content (AvgIpc) is 2.70. The quantitative estimate of drug-likeness (QED) is 0.896. The number of halogens is 1. The number of fused-ring (bicyclic) bond motifs is 1. The van der Waals surface area contributed by atoms with Gasteiger partial charge in [0.15, 0.2) is 0 Å². The Morgan fingerprint density at radius 3 is 3.05 bits per heavy atom. The number of benzene rings is 1. The van der Waals surface area contributed by atoms with Crippen molar-refractivity contribution >= 4 is 11.8 Å². The van der Waals surface area contributed by atoms with Crippen molar-refractivity contribution in [1.29, 1.82) is 0 Å². The van der Waals surface area contributed by atoms with Crippen LogP contribution in [0, 0.1) is 5.82 Å². The number of hydrogen-bond donors (Lipinski definition) is 1. The third-order valence-electron chi connectivity index (χ3n) is 4.30. The maximum absolute atomic E-state index is 13.5. The van der Waals surface area contributed by atoms with Gasteiger partial charge in [0, 0.05) is 29.3 Å². The van der Waals surface area contributed by atoms with Crippen LogP contribution in [-0.4, -0.2) is 23.1 Å². The van der Waals surface area contributed by atoms with Crippen LogP contribution in [0.1, 0.15) is 38.3 Å². The minimum Gasteiger partial charge on any atom is -0.486 e. The van der Waals surface area contributed by atoms with Crippen LogP contribution in [-0.2, 0) is 0 Å². The van der Waals surface area contributed by atoms with E-state index in [1.165, 1.54) is 12.1 Å². The van der Waals surface area contributed by atoms with Gasteiger partial charge in [-0.1, -0.05) is 13.0 Å². The first-order chi connectivity index (χ1) is 9.14. The first kappa shape index (κ1) is 13.3. The molecule has 2 heterocycles. The molecule has 2 aliphatic rings. The standard InChI is InChI=1S/C15H20FNOS/c1-3-17-13-9-15(6-7-19-10(15)2)18-14-8-11(16)4-5-12(13)14/h4-5,8,10,13,17H,3,6-7,9H2,1-2H3. The van der Waals surface area contributed by atoms with Crippen molar-refractivity contribution in [3.63, 3.8) is 0 Å². The lowest BCUT2D eigenvalue weighted by atomic mass is 9.83. The normalized spacial score (nSPS) is 33.2. The van der Waals surface area contributed by atoms with E-state index in [2.05, 4.69) is 19.2 Å². The van der Waals surface area contributed by atoms with Crippen molar-refractivity contribution in [3.05, 3.63) is 29.6 Å². The van der Waals surface area contributed by atoms with Gasteiger partial charge in [0.05, 0.1) is 0 Å². The van der Waals surface area contributed by atoms with E-state index in [-0.39, 0.29) is 17.5 Å². The summed E-state index contributed by atoms with van der Waals surface area (Å²) in [6.45, 7) is 5.25. The van der Waals surface area contributed by atoms with E-state index in [0.717, 1.165) is 36.5 Å². The van der Waals surface area contributed by atoms with Crippen LogP contribution in [0.5, 0.6) is 5.75 Å². The Hall–Kier alpha value is -0.740. The van der Waals surface area contributed by atoms with Gasteiger partial charge in [-0.05, 0) is 31.7 Å². The lowest BCUT2D eigenvalue weighted by molar-refractivity contribution is 0.0352. The molecule has 1 aromatic carbocycles. The molecule has 0 aliphatic carbocycles. The molecule has 0 radical (unpaired) electrons. The minimum absolute atomic E-state index is 0.127. The molecule has 0 aromatic heterocycles. The second-order valence-electron chi connectivity index (χ2n) is 5.43. The zero-order valence-electron chi connectivity index (χ0n) is 11.4. The van der Waals surface area contributed by atoms with E-state index in [9.17, 15) is 4.39 Å². The largest absolute Gasteiger partial charge is 0.486 e. The molecule has 3 rings (SSSR count). The summed E-state index contributed by atoms with van der Waals surface area (Å²) in [5.74, 6) is 1.64. The topological polar surface area (TPSA) is 21.3 Å². The zero-order valence-corrected chi connectivity index (χ0v) is 12.2. The Balaban J connectivity index is 2.00. The number of hydrogen-bond acceptors (Lipinski definition) is 3. The van der Waals surface area contributed by atoms with E-state index >= 15 is 0 Å². The summed E-state index contributed by atoms with van der Waals surface area (Å²) in [6, 6.07) is 5.20. The van der Waals surface area contributed by atoms with Gasteiger partial charge in [-0.2, -0.15) is 11.8 Å². The van der Waals surface area contributed by atoms with Crippen molar-refractivity contribution in [2.45, 2.75) is 43.6 Å². The Morgan fingerprint density at radius 2 is 2.37 bits per heavy atom. The summed E-state index contributed by atoms with van der Waals surface area (Å²) in [7, 11) is 0. The summed E-state index contributed by atoms with van der Waals surface area (Å²) in [4.78, 5) is 0. The van der Waals surface area contributed by atoms with E-state index in [1.54, 1.807) is 0 Å². The van der Waals surface area contributed by atoms with Crippen molar-refractivity contribution in [2.75, 3.05) is 12.3 Å². The van der Waals surface area contributed by atoms with Crippen LogP contribution >= 0.6 is 11.8 Å². The number of ether oxygens (including phenoxy) is 1. The number of rotatable bonds is 2. The van der Waals surface area contributed by atoms with Gasteiger partial charge in [-0.15, -0.1) is 0 Å². The van der Waals surface area contributed by atoms with Crippen LogP contribution in [0.3, 0.4) is 0 Å². The van der Waals surface area contributed by atoms with E-state index in [0.29, 0.717) is 5.25 Å². The third kappa shape index (κ3) is 2.25. The van der Waals surface area contributed by atoms with Crippen LogP contribution in [0.2, 0.25) is 0 Å². The predicted octanol–water partition coefficient (Wildman–Crippen LogP) is 3.52. The van der Waals surface area contributed by atoms with E-state index < -0.39 is 0 Å². The highest BCUT2D eigenvalue weighted by Gasteiger charge is 2.48. The second-order valence-corrected chi connectivity index (χ2v) is 6.88. The number of thioether (sulfide) groups is 1. The SMILES string of the molecule is CCNC1CC2(CCSC2C)Oc2cc(F)ccc21.